The molecule has 0 aromatic heterocycles. The minimum atomic E-state index is -3.61. The van der Waals surface area contributed by atoms with Crippen molar-refractivity contribution >= 4 is 26.0 Å². The lowest BCUT2D eigenvalue weighted by Crippen LogP contribution is -2.34. The summed E-state index contributed by atoms with van der Waals surface area (Å²) < 4.78 is 20.1. The summed E-state index contributed by atoms with van der Waals surface area (Å²) in [5.74, 6) is 0. The molecule has 2 N–H and O–H groups in total. The summed E-state index contributed by atoms with van der Waals surface area (Å²) >= 11 is 2.85. The van der Waals surface area contributed by atoms with E-state index >= 15 is 0 Å². The minimum Gasteiger partial charge on any atom is -0.302 e. The molecule has 0 rings (SSSR count). The quantitative estimate of drug-likeness (QED) is 0.521. The van der Waals surface area contributed by atoms with Crippen molar-refractivity contribution in [3.05, 3.63) is 0 Å². The second-order valence-electron chi connectivity index (χ2n) is 1.96. The third-order valence-corrected chi connectivity index (χ3v) is 3.56. The molecular formula is C3H8BrNO3S. The van der Waals surface area contributed by atoms with Gasteiger partial charge in [0.2, 0.25) is 10.0 Å². The van der Waals surface area contributed by atoms with Crippen molar-refractivity contribution in [1.82, 2.24) is 4.89 Å². The highest BCUT2D eigenvalue weighted by Crippen LogP contribution is 2.21. The van der Waals surface area contributed by atoms with Gasteiger partial charge in [0.05, 0.1) is 0 Å². The van der Waals surface area contributed by atoms with Crippen LogP contribution in [0, 0.1) is 0 Å². The Morgan fingerprint density at radius 2 is 1.89 bits per heavy atom. The number of hydrogen-bond acceptors (Lipinski definition) is 3. The summed E-state index contributed by atoms with van der Waals surface area (Å²) in [6.45, 7) is 2.82. The highest BCUT2D eigenvalue weighted by molar-refractivity contribution is 9.11. The van der Waals surface area contributed by atoms with Gasteiger partial charge < -0.3 is 5.21 Å². The summed E-state index contributed by atoms with van der Waals surface area (Å²) in [7, 11) is -3.61. The van der Waals surface area contributed by atoms with E-state index in [9.17, 15) is 8.42 Å². The largest absolute Gasteiger partial charge is 0.302 e. The van der Waals surface area contributed by atoms with Gasteiger partial charge in [-0.1, -0.05) is 20.8 Å². The molecule has 0 amide bonds. The third kappa shape index (κ3) is 2.21. The second kappa shape index (κ2) is 2.53. The molecule has 9 heavy (non-hydrogen) atoms. The van der Waals surface area contributed by atoms with Crippen molar-refractivity contribution in [1.29, 1.82) is 0 Å². The third-order valence-electron chi connectivity index (χ3n) is 0.759. The van der Waals surface area contributed by atoms with Gasteiger partial charge in [0.1, 0.15) is 3.66 Å². The van der Waals surface area contributed by atoms with E-state index in [4.69, 9.17) is 5.21 Å². The molecule has 0 aromatic carbocycles. The van der Waals surface area contributed by atoms with Crippen LogP contribution >= 0.6 is 15.9 Å². The molecular weight excluding hydrogens is 210 g/mol. The highest BCUT2D eigenvalue weighted by Gasteiger charge is 2.30. The fraction of sp³-hybridized carbons (Fsp3) is 1.00. The topological polar surface area (TPSA) is 66.4 Å². The lowest BCUT2D eigenvalue weighted by molar-refractivity contribution is 0.241. The monoisotopic (exact) mass is 217 g/mol. The first-order chi connectivity index (χ1) is 3.81. The van der Waals surface area contributed by atoms with Gasteiger partial charge in [-0.05, 0) is 13.8 Å². The predicted octanol–water partition coefficient (Wildman–Crippen LogP) is 0.426. The Kier molecular flexibility index (Phi) is 2.63. The van der Waals surface area contributed by atoms with E-state index in [0.29, 0.717) is 0 Å². The van der Waals surface area contributed by atoms with Gasteiger partial charge >= 0.3 is 0 Å². The Morgan fingerprint density at radius 3 is 1.89 bits per heavy atom. The Morgan fingerprint density at radius 1 is 1.56 bits per heavy atom. The molecule has 0 fully saturated rings. The van der Waals surface area contributed by atoms with E-state index in [0.717, 1.165) is 0 Å². The maximum Gasteiger partial charge on any atom is 0.248 e. The van der Waals surface area contributed by atoms with Crippen LogP contribution in [0.3, 0.4) is 0 Å². The Labute approximate surface area is 62.4 Å². The molecule has 0 atom stereocenters. The number of halogens is 1. The van der Waals surface area contributed by atoms with Gasteiger partial charge in [-0.3, -0.25) is 0 Å². The summed E-state index contributed by atoms with van der Waals surface area (Å²) in [6.07, 6.45) is 0. The molecule has 0 heterocycles. The lowest BCUT2D eigenvalue weighted by Gasteiger charge is -2.13. The normalized spacial score (nSPS) is 13.8. The number of nitrogens with one attached hydrogen (secondary N) is 1. The zero-order valence-corrected chi connectivity index (χ0v) is 7.45. The molecule has 0 saturated carbocycles. The lowest BCUT2D eigenvalue weighted by atomic mass is 10.6. The zero-order chi connectivity index (χ0) is 7.71. The summed E-state index contributed by atoms with van der Waals surface area (Å²) in [5, 5.41) is 8.06. The van der Waals surface area contributed by atoms with Crippen LogP contribution in [0.15, 0.2) is 0 Å². The maximum atomic E-state index is 10.6. The molecule has 6 heteroatoms. The van der Waals surface area contributed by atoms with E-state index in [2.05, 4.69) is 15.9 Å². The fourth-order valence-corrected chi connectivity index (χ4v) is 0.543. The van der Waals surface area contributed by atoms with E-state index in [1.807, 2.05) is 0 Å². The van der Waals surface area contributed by atoms with E-state index < -0.39 is 13.7 Å². The molecule has 0 aromatic rings. The van der Waals surface area contributed by atoms with Crippen LogP contribution in [-0.2, 0) is 10.0 Å². The van der Waals surface area contributed by atoms with Gasteiger partial charge in [0, 0.05) is 0 Å². The molecule has 4 nitrogen and oxygen atoms in total. The molecule has 0 aliphatic heterocycles. The van der Waals surface area contributed by atoms with Crippen molar-refractivity contribution in [2.24, 2.45) is 0 Å². The number of rotatable bonds is 2. The molecule has 0 radical (unpaired) electrons. The summed E-state index contributed by atoms with van der Waals surface area (Å²) in [4.78, 5) is 1.21. The first-order valence-corrected chi connectivity index (χ1v) is 4.43. The standard InChI is InChI=1S/C3H8BrNO3S/c1-3(2,4)9(7,8)5-6/h5-6H,1-2H3. The molecule has 56 valence electrons. The maximum absolute atomic E-state index is 10.6. The Bertz CT molecular complexity index is 180. The van der Waals surface area contributed by atoms with Gasteiger partial charge in [0.15, 0.2) is 0 Å². The predicted molar refractivity (Wildman–Crippen MR) is 36.8 cm³/mol. The molecule has 0 aliphatic carbocycles. The van der Waals surface area contributed by atoms with E-state index in [-0.39, 0.29) is 0 Å². The summed E-state index contributed by atoms with van der Waals surface area (Å²) in [6, 6.07) is 0. The summed E-state index contributed by atoms with van der Waals surface area (Å²) in [5.41, 5.74) is 0. The van der Waals surface area contributed by atoms with Crippen molar-refractivity contribution in [3.63, 3.8) is 0 Å². The van der Waals surface area contributed by atoms with E-state index in [1.165, 1.54) is 18.7 Å². The number of sulfonamides is 1. The van der Waals surface area contributed by atoms with Crippen LogP contribution in [0.2, 0.25) is 0 Å². The van der Waals surface area contributed by atoms with Crippen molar-refractivity contribution in [2.45, 2.75) is 17.5 Å². The number of hydrogen-bond donors (Lipinski definition) is 2. The van der Waals surface area contributed by atoms with Crippen LogP contribution in [-0.4, -0.2) is 17.3 Å². The Balaban J connectivity index is 4.57. The zero-order valence-electron chi connectivity index (χ0n) is 5.05. The molecule has 0 aliphatic rings. The SMILES string of the molecule is CC(C)(Br)S(=O)(=O)NO. The first-order valence-electron chi connectivity index (χ1n) is 2.15. The molecule has 0 bridgehead atoms. The van der Waals surface area contributed by atoms with Gasteiger partial charge in [-0.25, -0.2) is 8.42 Å². The smallest absolute Gasteiger partial charge is 0.248 e. The highest BCUT2D eigenvalue weighted by atomic mass is 79.9. The van der Waals surface area contributed by atoms with Crippen LogP contribution in [0.1, 0.15) is 13.8 Å². The average Bonchev–Trinajstić information content (AvgIpc) is 1.64. The average molecular weight is 218 g/mol. The second-order valence-corrected chi connectivity index (χ2v) is 6.68. The van der Waals surface area contributed by atoms with Crippen molar-refractivity contribution in [2.75, 3.05) is 0 Å². The van der Waals surface area contributed by atoms with Crippen LogP contribution < -0.4 is 4.89 Å². The van der Waals surface area contributed by atoms with E-state index in [1.54, 1.807) is 0 Å². The van der Waals surface area contributed by atoms with Gasteiger partial charge in [0.25, 0.3) is 0 Å². The molecule has 0 spiro atoms. The Hall–Kier alpha value is 0.350. The van der Waals surface area contributed by atoms with Crippen molar-refractivity contribution in [3.8, 4) is 0 Å². The molecule has 0 saturated heterocycles. The minimum absolute atomic E-state index is 1.13. The van der Waals surface area contributed by atoms with Crippen molar-refractivity contribution < 1.29 is 13.6 Å². The van der Waals surface area contributed by atoms with Crippen LogP contribution in [0.4, 0.5) is 0 Å². The first kappa shape index (κ1) is 9.35. The fourth-order valence-electron chi connectivity index (χ4n) is 0.109. The van der Waals surface area contributed by atoms with Crippen LogP contribution in [0.5, 0.6) is 0 Å². The molecule has 0 unspecified atom stereocenters. The van der Waals surface area contributed by atoms with Gasteiger partial charge in [-0.2, -0.15) is 0 Å². The number of alkyl halides is 1. The van der Waals surface area contributed by atoms with Gasteiger partial charge in [-0.15, -0.1) is 0 Å². The van der Waals surface area contributed by atoms with Crippen LogP contribution in [0.25, 0.3) is 0 Å².